The van der Waals surface area contributed by atoms with Gasteiger partial charge in [0.15, 0.2) is 0 Å². The second-order valence-corrected chi connectivity index (χ2v) is 7.74. The Balaban J connectivity index is 1.80. The number of rotatable bonds is 3. The van der Waals surface area contributed by atoms with Crippen molar-refractivity contribution < 1.29 is 14.6 Å². The van der Waals surface area contributed by atoms with E-state index in [1.807, 2.05) is 0 Å². The number of carbonyl (C=O) groups is 1. The van der Waals surface area contributed by atoms with E-state index in [0.717, 1.165) is 24.6 Å². The number of nitrogens with zero attached hydrogens (tertiary/aromatic N) is 2. The highest BCUT2D eigenvalue weighted by Gasteiger charge is 2.60. The van der Waals surface area contributed by atoms with Gasteiger partial charge in [0.2, 0.25) is 0 Å². The van der Waals surface area contributed by atoms with Gasteiger partial charge in [-0.25, -0.2) is 4.79 Å². The van der Waals surface area contributed by atoms with E-state index in [2.05, 4.69) is 25.9 Å². The van der Waals surface area contributed by atoms with Crippen molar-refractivity contribution in [3.8, 4) is 0 Å². The Bertz CT molecular complexity index is 759. The zero-order valence-electron chi connectivity index (χ0n) is 13.8. The van der Waals surface area contributed by atoms with Crippen LogP contribution >= 0.6 is 11.6 Å². The van der Waals surface area contributed by atoms with Gasteiger partial charge in [0.25, 0.3) is 5.69 Å². The second-order valence-electron chi connectivity index (χ2n) is 7.33. The highest BCUT2D eigenvalue weighted by atomic mass is 35.5. The predicted molar refractivity (Wildman–Crippen MR) is 90.2 cm³/mol. The van der Waals surface area contributed by atoms with Crippen LogP contribution in [-0.2, 0) is 4.84 Å². The molecule has 6 nitrogen and oxygen atoms in total. The van der Waals surface area contributed by atoms with Crippen LogP contribution in [0.4, 0.5) is 5.69 Å². The van der Waals surface area contributed by atoms with Gasteiger partial charge < -0.3 is 4.84 Å². The summed E-state index contributed by atoms with van der Waals surface area (Å²) in [7, 11) is 0. The molecule has 2 bridgehead atoms. The molecule has 0 heterocycles. The van der Waals surface area contributed by atoms with Crippen LogP contribution in [0.5, 0.6) is 0 Å². The Kier molecular flexibility index (Phi) is 3.91. The lowest BCUT2D eigenvalue weighted by Gasteiger charge is -2.34. The van der Waals surface area contributed by atoms with E-state index >= 15 is 0 Å². The first-order valence-corrected chi connectivity index (χ1v) is 8.27. The largest absolute Gasteiger partial charge is 0.365 e. The van der Waals surface area contributed by atoms with Gasteiger partial charge in [0, 0.05) is 11.5 Å². The van der Waals surface area contributed by atoms with Crippen molar-refractivity contribution in [2.75, 3.05) is 0 Å². The van der Waals surface area contributed by atoms with Gasteiger partial charge in [-0.1, -0.05) is 37.5 Å². The van der Waals surface area contributed by atoms with Crippen LogP contribution in [0.1, 0.15) is 50.4 Å². The Hall–Kier alpha value is -1.95. The Morgan fingerprint density at radius 2 is 2.12 bits per heavy atom. The molecule has 128 valence electrons. The van der Waals surface area contributed by atoms with Gasteiger partial charge in [-0.2, -0.15) is 0 Å². The first-order valence-electron chi connectivity index (χ1n) is 7.89. The summed E-state index contributed by atoms with van der Waals surface area (Å²) in [4.78, 5) is 27.5. The van der Waals surface area contributed by atoms with Crippen LogP contribution in [0.2, 0.25) is 5.02 Å². The van der Waals surface area contributed by atoms with Crippen molar-refractivity contribution in [2.45, 2.75) is 40.0 Å². The smallest absolute Gasteiger partial charge is 0.313 e. The average Bonchev–Trinajstić information content (AvgIpc) is 2.85. The van der Waals surface area contributed by atoms with Crippen molar-refractivity contribution in [3.05, 3.63) is 38.9 Å². The predicted octanol–water partition coefficient (Wildman–Crippen LogP) is 4.61. The minimum Gasteiger partial charge on any atom is -0.313 e. The number of carbonyl (C=O) groups excluding carboxylic acids is 1. The topological polar surface area (TPSA) is 81.8 Å². The van der Waals surface area contributed by atoms with Crippen LogP contribution in [0.15, 0.2) is 23.4 Å². The molecule has 24 heavy (non-hydrogen) atoms. The molecular weight excluding hydrogens is 332 g/mol. The number of fused-ring (bicyclic) bond motifs is 2. The quantitative estimate of drug-likeness (QED) is 0.453. The van der Waals surface area contributed by atoms with Gasteiger partial charge in [0.05, 0.1) is 16.2 Å². The summed E-state index contributed by atoms with van der Waals surface area (Å²) in [6.45, 7) is 6.63. The third kappa shape index (κ3) is 2.40. The molecule has 3 rings (SSSR count). The number of nitro benzene ring substituents is 1. The van der Waals surface area contributed by atoms with Crippen LogP contribution < -0.4 is 0 Å². The molecule has 2 aliphatic rings. The van der Waals surface area contributed by atoms with E-state index in [1.165, 1.54) is 18.6 Å². The van der Waals surface area contributed by atoms with E-state index in [0.29, 0.717) is 5.92 Å². The first-order chi connectivity index (χ1) is 11.2. The highest BCUT2D eigenvalue weighted by Crippen LogP contribution is 2.64. The molecule has 0 N–H and O–H groups in total. The number of nitro groups is 1. The summed E-state index contributed by atoms with van der Waals surface area (Å²) >= 11 is 5.75. The number of hydrogen-bond donors (Lipinski definition) is 0. The summed E-state index contributed by atoms with van der Waals surface area (Å²) in [5.74, 6) is -0.164. The standard InChI is InChI=1S/C17H19ClN2O4/c1-16(2)11-6-7-17(16,3)14(9-11)19-24-15(21)10-4-5-12(18)13(8-10)20(22)23/h4-5,8,11H,6-7,9H2,1-3H3/b19-14-/t11-,17+/m1/s1. The lowest BCUT2D eigenvalue weighted by atomic mass is 9.70. The van der Waals surface area contributed by atoms with Crippen LogP contribution in [-0.4, -0.2) is 16.6 Å². The molecule has 1 aromatic carbocycles. The zero-order chi connectivity index (χ0) is 17.7. The molecule has 2 saturated carbocycles. The molecular formula is C17H19ClN2O4. The first kappa shape index (κ1) is 16.9. The van der Waals surface area contributed by atoms with Crippen molar-refractivity contribution in [1.29, 1.82) is 0 Å². The second kappa shape index (κ2) is 5.55. The highest BCUT2D eigenvalue weighted by molar-refractivity contribution is 6.32. The lowest BCUT2D eigenvalue weighted by Crippen LogP contribution is -2.32. The van der Waals surface area contributed by atoms with Crippen molar-refractivity contribution in [3.63, 3.8) is 0 Å². The van der Waals surface area contributed by atoms with Crippen molar-refractivity contribution in [2.24, 2.45) is 21.9 Å². The van der Waals surface area contributed by atoms with Crippen LogP contribution in [0, 0.1) is 26.9 Å². The fraction of sp³-hybridized carbons (Fsp3) is 0.529. The SMILES string of the molecule is CC1(C)[C@@H]2CC[C@@]1(C)/C(=N\OC(=O)c1ccc(Cl)c([N+](=O)[O-])c1)C2. The maximum Gasteiger partial charge on any atom is 0.365 e. The van der Waals surface area contributed by atoms with Crippen molar-refractivity contribution in [1.82, 2.24) is 0 Å². The molecule has 2 atom stereocenters. The molecule has 0 aliphatic heterocycles. The third-order valence-corrected chi connectivity index (χ3v) is 6.45. The number of halogens is 1. The Morgan fingerprint density at radius 3 is 2.67 bits per heavy atom. The van der Waals surface area contributed by atoms with Gasteiger partial charge in [-0.15, -0.1) is 0 Å². The molecule has 0 saturated heterocycles. The summed E-state index contributed by atoms with van der Waals surface area (Å²) < 4.78 is 0. The Morgan fingerprint density at radius 1 is 1.42 bits per heavy atom. The van der Waals surface area contributed by atoms with E-state index in [1.54, 1.807) is 0 Å². The van der Waals surface area contributed by atoms with Gasteiger partial charge in [0.1, 0.15) is 5.02 Å². The molecule has 0 spiro atoms. The number of oxime groups is 1. The average molecular weight is 351 g/mol. The molecule has 2 aliphatic carbocycles. The minimum atomic E-state index is -0.716. The van der Waals surface area contributed by atoms with E-state index < -0.39 is 10.9 Å². The van der Waals surface area contributed by atoms with E-state index in [9.17, 15) is 14.9 Å². The normalized spacial score (nSPS) is 29.0. The van der Waals surface area contributed by atoms with E-state index in [4.69, 9.17) is 16.4 Å². The molecule has 1 aromatic rings. The molecule has 0 radical (unpaired) electrons. The fourth-order valence-corrected chi connectivity index (χ4v) is 4.18. The molecule has 7 heteroatoms. The summed E-state index contributed by atoms with van der Waals surface area (Å²) in [6, 6.07) is 3.81. The lowest BCUT2D eigenvalue weighted by molar-refractivity contribution is -0.384. The van der Waals surface area contributed by atoms with Gasteiger partial charge >= 0.3 is 5.97 Å². The zero-order valence-corrected chi connectivity index (χ0v) is 14.6. The van der Waals surface area contributed by atoms with Gasteiger partial charge in [-0.3, -0.25) is 10.1 Å². The molecule has 0 aromatic heterocycles. The number of benzene rings is 1. The molecule has 0 amide bonds. The van der Waals surface area contributed by atoms with Crippen LogP contribution in [0.3, 0.4) is 0 Å². The maximum atomic E-state index is 12.2. The summed E-state index contributed by atoms with van der Waals surface area (Å²) in [5.41, 5.74) is 0.705. The van der Waals surface area contributed by atoms with Gasteiger partial charge in [-0.05, 0) is 42.7 Å². The molecule has 2 fully saturated rings. The maximum absolute atomic E-state index is 12.2. The van der Waals surface area contributed by atoms with E-state index in [-0.39, 0.29) is 27.1 Å². The minimum absolute atomic E-state index is 0.0229. The Labute approximate surface area is 145 Å². The molecule has 0 unspecified atom stereocenters. The monoisotopic (exact) mass is 350 g/mol. The van der Waals surface area contributed by atoms with Crippen LogP contribution in [0.25, 0.3) is 0 Å². The van der Waals surface area contributed by atoms with Crippen molar-refractivity contribution >= 4 is 29.0 Å². The fourth-order valence-electron chi connectivity index (χ4n) is 4.00. The number of hydrogen-bond acceptors (Lipinski definition) is 5. The third-order valence-electron chi connectivity index (χ3n) is 6.13. The summed E-state index contributed by atoms with van der Waals surface area (Å²) in [5, 5.41) is 15.0. The summed E-state index contributed by atoms with van der Waals surface area (Å²) in [6.07, 6.45) is 3.03.